The molecule has 1 aromatic rings. The highest BCUT2D eigenvalue weighted by atomic mass is 15.2. The first kappa shape index (κ1) is 16.3. The van der Waals surface area contributed by atoms with E-state index in [-0.39, 0.29) is 0 Å². The van der Waals surface area contributed by atoms with Gasteiger partial charge in [0.05, 0.1) is 0 Å². The van der Waals surface area contributed by atoms with Gasteiger partial charge in [0.15, 0.2) is 0 Å². The second-order valence-electron chi connectivity index (χ2n) is 6.67. The van der Waals surface area contributed by atoms with E-state index >= 15 is 0 Å². The van der Waals surface area contributed by atoms with Gasteiger partial charge < -0.3 is 10.6 Å². The summed E-state index contributed by atoms with van der Waals surface area (Å²) in [6.07, 6.45) is 6.57. The highest BCUT2D eigenvalue weighted by Crippen LogP contribution is 2.32. The lowest BCUT2D eigenvalue weighted by Gasteiger charge is -2.27. The SMILES string of the molecule is CCCCCN(CC1CC1)c1nc(C(C)C)ccc1CN. The van der Waals surface area contributed by atoms with Gasteiger partial charge >= 0.3 is 0 Å². The third-order valence-corrected chi connectivity index (χ3v) is 4.30. The third-order valence-electron chi connectivity index (χ3n) is 4.30. The van der Waals surface area contributed by atoms with E-state index in [4.69, 9.17) is 10.7 Å². The van der Waals surface area contributed by atoms with E-state index < -0.39 is 0 Å². The maximum absolute atomic E-state index is 5.95. The van der Waals surface area contributed by atoms with Gasteiger partial charge in [0.25, 0.3) is 0 Å². The van der Waals surface area contributed by atoms with E-state index in [0.717, 1.165) is 24.8 Å². The Morgan fingerprint density at radius 2 is 2.05 bits per heavy atom. The maximum Gasteiger partial charge on any atom is 0.133 e. The van der Waals surface area contributed by atoms with Crippen LogP contribution in [0, 0.1) is 5.92 Å². The Morgan fingerprint density at radius 1 is 1.29 bits per heavy atom. The van der Waals surface area contributed by atoms with Gasteiger partial charge in [-0.05, 0) is 37.2 Å². The first-order valence-corrected chi connectivity index (χ1v) is 8.60. The summed E-state index contributed by atoms with van der Waals surface area (Å²) < 4.78 is 0. The number of nitrogens with zero attached hydrogens (tertiary/aromatic N) is 2. The van der Waals surface area contributed by atoms with Crippen molar-refractivity contribution in [1.82, 2.24) is 4.98 Å². The molecule has 1 aromatic heterocycles. The van der Waals surface area contributed by atoms with Crippen LogP contribution >= 0.6 is 0 Å². The van der Waals surface area contributed by atoms with Crippen LogP contribution in [0.5, 0.6) is 0 Å². The van der Waals surface area contributed by atoms with Crippen molar-refractivity contribution in [1.29, 1.82) is 0 Å². The number of rotatable bonds is 9. The predicted octanol–water partition coefficient (Wildman–Crippen LogP) is 4.07. The average Bonchev–Trinajstić information content (AvgIpc) is 3.29. The van der Waals surface area contributed by atoms with Gasteiger partial charge in [0.2, 0.25) is 0 Å². The summed E-state index contributed by atoms with van der Waals surface area (Å²) in [5.74, 6) is 2.49. The molecule has 21 heavy (non-hydrogen) atoms. The first-order valence-electron chi connectivity index (χ1n) is 8.60. The van der Waals surface area contributed by atoms with Crippen LogP contribution in [0.3, 0.4) is 0 Å². The van der Waals surface area contributed by atoms with E-state index in [2.05, 4.69) is 37.8 Å². The summed E-state index contributed by atoms with van der Waals surface area (Å²) in [4.78, 5) is 7.45. The number of anilines is 1. The number of aromatic nitrogens is 1. The minimum atomic E-state index is 0.467. The normalized spacial score (nSPS) is 14.7. The van der Waals surface area contributed by atoms with Crippen LogP contribution in [-0.4, -0.2) is 18.1 Å². The Balaban J connectivity index is 2.20. The van der Waals surface area contributed by atoms with E-state index in [1.54, 1.807) is 0 Å². The molecule has 1 heterocycles. The van der Waals surface area contributed by atoms with Gasteiger partial charge in [-0.25, -0.2) is 4.98 Å². The molecule has 2 N–H and O–H groups in total. The first-order chi connectivity index (χ1) is 10.2. The zero-order valence-electron chi connectivity index (χ0n) is 13.9. The number of unbranched alkanes of at least 4 members (excludes halogenated alkanes) is 2. The van der Waals surface area contributed by atoms with Crippen molar-refractivity contribution in [2.75, 3.05) is 18.0 Å². The molecule has 0 amide bonds. The maximum atomic E-state index is 5.95. The smallest absolute Gasteiger partial charge is 0.133 e. The van der Waals surface area contributed by atoms with E-state index in [9.17, 15) is 0 Å². The van der Waals surface area contributed by atoms with Gasteiger partial charge in [-0.3, -0.25) is 0 Å². The molecule has 1 saturated carbocycles. The Bertz CT molecular complexity index is 438. The van der Waals surface area contributed by atoms with Crippen LogP contribution in [0.4, 0.5) is 5.82 Å². The molecule has 3 heteroatoms. The second kappa shape index (κ2) is 7.79. The molecule has 1 aliphatic carbocycles. The molecule has 0 radical (unpaired) electrons. The van der Waals surface area contributed by atoms with Crippen molar-refractivity contribution in [3.8, 4) is 0 Å². The van der Waals surface area contributed by atoms with Crippen molar-refractivity contribution in [3.05, 3.63) is 23.4 Å². The van der Waals surface area contributed by atoms with Crippen LogP contribution in [0.2, 0.25) is 0 Å². The van der Waals surface area contributed by atoms with Crippen molar-refractivity contribution in [2.24, 2.45) is 11.7 Å². The van der Waals surface area contributed by atoms with Gasteiger partial charge in [0, 0.05) is 30.9 Å². The number of hydrogen-bond donors (Lipinski definition) is 1. The van der Waals surface area contributed by atoms with Crippen LogP contribution < -0.4 is 10.6 Å². The molecule has 0 bridgehead atoms. The van der Waals surface area contributed by atoms with Crippen molar-refractivity contribution < 1.29 is 0 Å². The summed E-state index contributed by atoms with van der Waals surface area (Å²) >= 11 is 0. The summed E-state index contributed by atoms with van der Waals surface area (Å²) in [6.45, 7) is 9.52. The highest BCUT2D eigenvalue weighted by molar-refractivity contribution is 5.48. The Hall–Kier alpha value is -1.09. The third kappa shape index (κ3) is 4.70. The van der Waals surface area contributed by atoms with E-state index in [1.165, 1.54) is 43.4 Å². The predicted molar refractivity (Wildman–Crippen MR) is 90.7 cm³/mol. The quantitative estimate of drug-likeness (QED) is 0.697. The van der Waals surface area contributed by atoms with Gasteiger partial charge in [-0.15, -0.1) is 0 Å². The topological polar surface area (TPSA) is 42.2 Å². The molecule has 2 rings (SSSR count). The number of nitrogens with two attached hydrogens (primary N) is 1. The molecule has 118 valence electrons. The Labute approximate surface area is 129 Å². The summed E-state index contributed by atoms with van der Waals surface area (Å²) in [5.41, 5.74) is 8.32. The highest BCUT2D eigenvalue weighted by Gasteiger charge is 2.26. The second-order valence-corrected chi connectivity index (χ2v) is 6.67. The minimum Gasteiger partial charge on any atom is -0.356 e. The molecule has 0 spiro atoms. The van der Waals surface area contributed by atoms with E-state index in [1.807, 2.05) is 0 Å². The monoisotopic (exact) mass is 289 g/mol. The fraction of sp³-hybridized carbons (Fsp3) is 0.722. The molecule has 0 unspecified atom stereocenters. The van der Waals surface area contributed by atoms with Crippen LogP contribution in [0.1, 0.15) is 70.1 Å². The lowest BCUT2D eigenvalue weighted by molar-refractivity contribution is 0.641. The lowest BCUT2D eigenvalue weighted by atomic mass is 10.1. The minimum absolute atomic E-state index is 0.467. The molecule has 0 aromatic carbocycles. The largest absolute Gasteiger partial charge is 0.356 e. The van der Waals surface area contributed by atoms with Gasteiger partial charge in [0.1, 0.15) is 5.82 Å². The van der Waals surface area contributed by atoms with Crippen molar-refractivity contribution in [2.45, 2.75) is 65.3 Å². The van der Waals surface area contributed by atoms with Gasteiger partial charge in [-0.2, -0.15) is 0 Å². The average molecular weight is 289 g/mol. The van der Waals surface area contributed by atoms with Gasteiger partial charge in [-0.1, -0.05) is 39.7 Å². The lowest BCUT2D eigenvalue weighted by Crippen LogP contribution is -2.29. The Morgan fingerprint density at radius 3 is 2.62 bits per heavy atom. The zero-order chi connectivity index (χ0) is 15.2. The molecule has 3 nitrogen and oxygen atoms in total. The summed E-state index contributed by atoms with van der Waals surface area (Å²) in [5, 5.41) is 0. The van der Waals surface area contributed by atoms with E-state index in [0.29, 0.717) is 12.5 Å². The molecular weight excluding hydrogens is 258 g/mol. The van der Waals surface area contributed by atoms with Crippen LogP contribution in [0.15, 0.2) is 12.1 Å². The van der Waals surface area contributed by atoms with Crippen molar-refractivity contribution >= 4 is 5.82 Å². The molecule has 1 aliphatic rings. The molecule has 0 atom stereocenters. The summed E-state index contributed by atoms with van der Waals surface area (Å²) in [7, 11) is 0. The standard InChI is InChI=1S/C18H31N3/c1-4-5-6-11-21(13-15-7-8-15)18-16(12-19)9-10-17(20-18)14(2)3/h9-10,14-15H,4-8,11-13,19H2,1-3H3. The van der Waals surface area contributed by atoms with Crippen molar-refractivity contribution in [3.63, 3.8) is 0 Å². The molecule has 0 aliphatic heterocycles. The Kier molecular flexibility index (Phi) is 6.04. The fourth-order valence-corrected chi connectivity index (χ4v) is 2.69. The number of hydrogen-bond acceptors (Lipinski definition) is 3. The van der Waals surface area contributed by atoms with Crippen LogP contribution in [-0.2, 0) is 6.54 Å². The molecule has 0 saturated heterocycles. The fourth-order valence-electron chi connectivity index (χ4n) is 2.69. The summed E-state index contributed by atoms with van der Waals surface area (Å²) in [6, 6.07) is 4.31. The number of pyridine rings is 1. The van der Waals surface area contributed by atoms with Crippen LogP contribution in [0.25, 0.3) is 0 Å². The zero-order valence-corrected chi connectivity index (χ0v) is 13.9. The molecular formula is C18H31N3. The molecule has 1 fully saturated rings.